The van der Waals surface area contributed by atoms with Gasteiger partial charge in [-0.05, 0) is 0 Å². The van der Waals surface area contributed by atoms with Crippen molar-refractivity contribution in [3.8, 4) is 11.8 Å². The first-order valence-corrected chi connectivity index (χ1v) is 4.68. The molecule has 0 saturated heterocycles. The first-order chi connectivity index (χ1) is 7.99. The number of hydrogen-bond acceptors (Lipinski definition) is 7. The van der Waals surface area contributed by atoms with Gasteiger partial charge in [0.2, 0.25) is 11.8 Å². The fraction of sp³-hybridized carbons (Fsp3) is 0.375. The molecule has 1 aromatic heterocycles. The highest BCUT2D eigenvalue weighted by Gasteiger charge is 2.17. The maximum absolute atomic E-state index is 11.0. The van der Waals surface area contributed by atoms with E-state index in [9.17, 15) is 15.0 Å². The molecule has 0 aliphatic rings. The van der Waals surface area contributed by atoms with Crippen LogP contribution in [0.2, 0.25) is 0 Å². The van der Waals surface area contributed by atoms with E-state index in [2.05, 4.69) is 5.32 Å². The molecule has 18 heavy (non-hydrogen) atoms. The number of aliphatic hydroxyl groups is 1. The van der Waals surface area contributed by atoms with Crippen molar-refractivity contribution in [2.75, 3.05) is 11.9 Å². The number of nitrogens with zero attached hydrogens (tertiary/aromatic N) is 1. The second kappa shape index (κ2) is 7.03. The summed E-state index contributed by atoms with van der Waals surface area (Å²) in [4.78, 5) is 11.0. The number of aliphatic hydroxyl groups excluding tert-OH is 1. The van der Waals surface area contributed by atoms with E-state index in [1.165, 1.54) is 5.48 Å². The summed E-state index contributed by atoms with van der Waals surface area (Å²) in [5.74, 6) is -1.39. The molecule has 1 amide bonds. The van der Waals surface area contributed by atoms with Gasteiger partial charge in [0.25, 0.3) is 0 Å². The van der Waals surface area contributed by atoms with Crippen LogP contribution in [-0.2, 0) is 11.3 Å². The van der Waals surface area contributed by atoms with Crippen LogP contribution in [0.4, 0.5) is 5.69 Å². The SMILES string of the molecule is Cl.NCC(=O)Nc1cc(O)n(C[C@H](O)NO)c1O. The lowest BCUT2D eigenvalue weighted by Gasteiger charge is -2.11. The molecule has 0 fully saturated rings. The molecule has 0 radical (unpaired) electrons. The zero-order valence-corrected chi connectivity index (χ0v) is 10.0. The Hall–Kier alpha value is -1.52. The van der Waals surface area contributed by atoms with Crippen molar-refractivity contribution in [3.05, 3.63) is 6.07 Å². The molecule has 1 atom stereocenters. The maximum atomic E-state index is 11.0. The fourth-order valence-electron chi connectivity index (χ4n) is 1.21. The highest BCUT2D eigenvalue weighted by atomic mass is 35.5. The van der Waals surface area contributed by atoms with Gasteiger partial charge in [0.15, 0.2) is 5.88 Å². The van der Waals surface area contributed by atoms with Crippen LogP contribution in [0.3, 0.4) is 0 Å². The molecule has 104 valence electrons. The van der Waals surface area contributed by atoms with Gasteiger partial charge in [0, 0.05) is 6.07 Å². The van der Waals surface area contributed by atoms with Crippen molar-refractivity contribution in [1.82, 2.24) is 10.0 Å². The number of carbonyl (C=O) groups is 1. The molecule has 0 aliphatic carbocycles. The lowest BCUT2D eigenvalue weighted by Crippen LogP contribution is -2.29. The average molecular weight is 283 g/mol. The van der Waals surface area contributed by atoms with Crippen molar-refractivity contribution in [2.24, 2.45) is 5.73 Å². The minimum Gasteiger partial charge on any atom is -0.494 e. The molecule has 1 rings (SSSR count). The van der Waals surface area contributed by atoms with E-state index < -0.39 is 18.0 Å². The highest BCUT2D eigenvalue weighted by molar-refractivity contribution is 5.93. The van der Waals surface area contributed by atoms with Crippen molar-refractivity contribution in [3.63, 3.8) is 0 Å². The lowest BCUT2D eigenvalue weighted by molar-refractivity contribution is -0.114. The number of hydroxylamine groups is 1. The number of halogens is 1. The van der Waals surface area contributed by atoms with E-state index in [-0.39, 0.29) is 37.1 Å². The zero-order valence-electron chi connectivity index (χ0n) is 9.20. The quantitative estimate of drug-likeness (QED) is 0.257. The Balaban J connectivity index is 0.00000289. The van der Waals surface area contributed by atoms with Gasteiger partial charge in [-0.1, -0.05) is 0 Å². The van der Waals surface area contributed by atoms with Crippen molar-refractivity contribution >= 4 is 24.0 Å². The Morgan fingerprint density at radius 1 is 1.50 bits per heavy atom. The standard InChI is InChI=1S/C8H14N4O5.ClH/c9-2-5(13)10-4-1-7(15)12(8(4)16)3-6(14)11-17;/h1,6,11,14-17H,2-3,9H2,(H,10,13);1H/t6-;/m0./s1. The molecule has 0 aromatic carbocycles. The van der Waals surface area contributed by atoms with Crippen LogP contribution in [-0.4, -0.2) is 43.8 Å². The van der Waals surface area contributed by atoms with E-state index in [0.717, 1.165) is 10.6 Å². The molecule has 0 saturated carbocycles. The Morgan fingerprint density at radius 2 is 2.11 bits per heavy atom. The van der Waals surface area contributed by atoms with Gasteiger partial charge >= 0.3 is 0 Å². The smallest absolute Gasteiger partial charge is 0.238 e. The van der Waals surface area contributed by atoms with Crippen LogP contribution in [0, 0.1) is 0 Å². The second-order valence-electron chi connectivity index (χ2n) is 3.25. The van der Waals surface area contributed by atoms with Crippen LogP contribution in [0.25, 0.3) is 0 Å². The maximum Gasteiger partial charge on any atom is 0.238 e. The summed E-state index contributed by atoms with van der Waals surface area (Å²) in [5.41, 5.74) is 6.57. The molecule has 0 aliphatic heterocycles. The number of aromatic hydroxyl groups is 2. The number of hydrogen-bond donors (Lipinski definition) is 7. The average Bonchev–Trinajstić information content (AvgIpc) is 2.56. The van der Waals surface area contributed by atoms with Gasteiger partial charge in [0.05, 0.1) is 13.1 Å². The predicted molar refractivity (Wildman–Crippen MR) is 63.6 cm³/mol. The number of carbonyl (C=O) groups excluding carboxylic acids is 1. The van der Waals surface area contributed by atoms with E-state index in [0.29, 0.717) is 0 Å². The summed E-state index contributed by atoms with van der Waals surface area (Å²) in [6.45, 7) is -0.584. The second-order valence-corrected chi connectivity index (χ2v) is 3.25. The van der Waals surface area contributed by atoms with Gasteiger partial charge in [-0.25, -0.2) is 0 Å². The van der Waals surface area contributed by atoms with E-state index in [1.807, 2.05) is 0 Å². The van der Waals surface area contributed by atoms with E-state index in [4.69, 9.17) is 16.0 Å². The minimum absolute atomic E-state index is 0. The molecule has 10 heteroatoms. The van der Waals surface area contributed by atoms with Crippen LogP contribution in [0.15, 0.2) is 6.07 Å². The van der Waals surface area contributed by atoms with Gasteiger partial charge in [-0.2, -0.15) is 5.48 Å². The minimum atomic E-state index is -1.38. The number of nitrogens with two attached hydrogens (primary N) is 1. The molecular weight excluding hydrogens is 268 g/mol. The molecule has 1 aromatic rings. The third-order valence-electron chi connectivity index (χ3n) is 2.01. The topological polar surface area (TPSA) is 153 Å². The monoisotopic (exact) mass is 282 g/mol. The van der Waals surface area contributed by atoms with Crippen LogP contribution in [0.1, 0.15) is 0 Å². The van der Waals surface area contributed by atoms with Crippen LogP contribution >= 0.6 is 12.4 Å². The van der Waals surface area contributed by atoms with Crippen molar-refractivity contribution in [2.45, 2.75) is 12.8 Å². The third kappa shape index (κ3) is 3.75. The molecule has 8 N–H and O–H groups in total. The summed E-state index contributed by atoms with van der Waals surface area (Å²) in [6, 6.07) is 1.09. The summed E-state index contributed by atoms with van der Waals surface area (Å²) in [5, 5.41) is 38.8. The number of nitrogens with one attached hydrogen (secondary N) is 2. The van der Waals surface area contributed by atoms with Crippen LogP contribution in [0.5, 0.6) is 11.8 Å². The number of aromatic nitrogens is 1. The van der Waals surface area contributed by atoms with Gasteiger partial charge in [-0.15, -0.1) is 12.4 Å². The molecule has 1 heterocycles. The van der Waals surface area contributed by atoms with Gasteiger partial charge in [-0.3, -0.25) is 9.36 Å². The molecule has 0 bridgehead atoms. The summed E-state index contributed by atoms with van der Waals surface area (Å²) >= 11 is 0. The predicted octanol–water partition coefficient (Wildman–Crippen LogP) is -1.48. The third-order valence-corrected chi connectivity index (χ3v) is 2.01. The van der Waals surface area contributed by atoms with Crippen molar-refractivity contribution in [1.29, 1.82) is 0 Å². The van der Waals surface area contributed by atoms with Gasteiger partial charge in [0.1, 0.15) is 11.9 Å². The Labute approximate surface area is 108 Å². The Bertz CT molecular complexity index is 410. The summed E-state index contributed by atoms with van der Waals surface area (Å²) in [6.07, 6.45) is -1.38. The highest BCUT2D eigenvalue weighted by Crippen LogP contribution is 2.32. The lowest BCUT2D eigenvalue weighted by atomic mass is 10.4. The van der Waals surface area contributed by atoms with E-state index in [1.54, 1.807) is 0 Å². The Kier molecular flexibility index (Phi) is 6.44. The Morgan fingerprint density at radius 3 is 2.61 bits per heavy atom. The fourth-order valence-corrected chi connectivity index (χ4v) is 1.21. The van der Waals surface area contributed by atoms with Crippen molar-refractivity contribution < 1.29 is 25.3 Å². The first kappa shape index (κ1) is 16.5. The summed E-state index contributed by atoms with van der Waals surface area (Å²) in [7, 11) is 0. The molecular formula is C8H15ClN4O5. The number of amides is 1. The number of rotatable bonds is 5. The zero-order chi connectivity index (χ0) is 13.0. The molecule has 0 spiro atoms. The number of anilines is 1. The first-order valence-electron chi connectivity index (χ1n) is 4.68. The normalized spacial score (nSPS) is 11.7. The largest absolute Gasteiger partial charge is 0.494 e. The molecule has 9 nitrogen and oxygen atoms in total. The summed E-state index contributed by atoms with van der Waals surface area (Å²) < 4.78 is 0.889. The van der Waals surface area contributed by atoms with Crippen LogP contribution < -0.4 is 16.5 Å². The van der Waals surface area contributed by atoms with E-state index >= 15 is 0 Å². The molecule has 0 unspecified atom stereocenters. The van der Waals surface area contributed by atoms with Gasteiger partial charge < -0.3 is 31.6 Å².